The zero-order chi connectivity index (χ0) is 23.1. The second-order valence-electron chi connectivity index (χ2n) is 9.02. The van der Waals surface area contributed by atoms with E-state index in [9.17, 15) is 4.79 Å². The Balaban J connectivity index is 1.18. The molecule has 2 fully saturated rings. The summed E-state index contributed by atoms with van der Waals surface area (Å²) in [6.07, 6.45) is 8.15. The zero-order valence-electron chi connectivity index (χ0n) is 19.1. The topological polar surface area (TPSA) is 92.1 Å². The van der Waals surface area contributed by atoms with Crippen LogP contribution in [0.3, 0.4) is 0 Å². The molecule has 0 atom stereocenters. The summed E-state index contributed by atoms with van der Waals surface area (Å²) >= 11 is 0. The number of piperazine rings is 1. The average molecular weight is 455 g/mol. The fourth-order valence-corrected chi connectivity index (χ4v) is 4.53. The number of carbonyl (C=O) groups is 1. The molecule has 1 amide bonds. The first-order valence-electron chi connectivity index (χ1n) is 11.7. The summed E-state index contributed by atoms with van der Waals surface area (Å²) in [5.41, 5.74) is 3.38. The molecule has 0 spiro atoms. The summed E-state index contributed by atoms with van der Waals surface area (Å²) in [4.78, 5) is 22.3. The van der Waals surface area contributed by atoms with Crippen molar-refractivity contribution in [2.45, 2.75) is 18.9 Å². The van der Waals surface area contributed by atoms with Crippen LogP contribution < -0.4 is 10.2 Å². The maximum Gasteiger partial charge on any atom is 0.257 e. The van der Waals surface area contributed by atoms with Crippen molar-refractivity contribution in [1.82, 2.24) is 29.9 Å². The minimum absolute atomic E-state index is 0.225. The molecule has 172 valence electrons. The molecule has 9 heteroatoms. The first-order chi connectivity index (χ1) is 16.6. The molecule has 1 aromatic carbocycles. The third-order valence-electron chi connectivity index (χ3n) is 6.57. The molecule has 4 aromatic rings. The Bertz CT molecular complexity index is 1350. The number of carbonyl (C=O) groups excluding carboxylic acids is 1. The molecule has 1 N–H and O–H groups in total. The first-order valence-corrected chi connectivity index (χ1v) is 11.7. The number of pyridine rings is 1. The average Bonchev–Trinajstić information content (AvgIpc) is 3.64. The lowest BCUT2D eigenvalue weighted by Gasteiger charge is -2.35. The van der Waals surface area contributed by atoms with Crippen molar-refractivity contribution in [1.29, 1.82) is 0 Å². The normalized spacial score (nSPS) is 16.7. The van der Waals surface area contributed by atoms with E-state index in [2.05, 4.69) is 35.4 Å². The van der Waals surface area contributed by atoms with Crippen molar-refractivity contribution in [3.05, 3.63) is 60.6 Å². The van der Waals surface area contributed by atoms with Crippen LogP contribution in [0.1, 0.15) is 23.2 Å². The van der Waals surface area contributed by atoms with E-state index >= 15 is 0 Å². The van der Waals surface area contributed by atoms with Crippen LogP contribution in [-0.4, -0.2) is 68.0 Å². The van der Waals surface area contributed by atoms with E-state index < -0.39 is 0 Å². The lowest BCUT2D eigenvalue weighted by molar-refractivity contribution is 0.102. The Hall–Kier alpha value is -3.85. The highest BCUT2D eigenvalue weighted by Crippen LogP contribution is 2.28. The number of hydrogen-bond donors (Lipinski definition) is 1. The Morgan fingerprint density at radius 1 is 1.00 bits per heavy atom. The number of amides is 1. The van der Waals surface area contributed by atoms with Gasteiger partial charge in [-0.1, -0.05) is 6.07 Å². The van der Waals surface area contributed by atoms with Gasteiger partial charge in [-0.3, -0.25) is 14.4 Å². The molecule has 3 aromatic heterocycles. The number of rotatable bonds is 5. The van der Waals surface area contributed by atoms with Gasteiger partial charge in [-0.15, -0.1) is 10.2 Å². The first kappa shape index (κ1) is 20.7. The van der Waals surface area contributed by atoms with Gasteiger partial charge in [-0.05, 0) is 48.7 Å². The van der Waals surface area contributed by atoms with E-state index in [0.717, 1.165) is 60.1 Å². The third-order valence-corrected chi connectivity index (χ3v) is 6.57. The molecule has 1 aliphatic heterocycles. The highest BCUT2D eigenvalue weighted by atomic mass is 16.1. The van der Waals surface area contributed by atoms with Gasteiger partial charge in [-0.2, -0.15) is 5.10 Å². The van der Waals surface area contributed by atoms with Crippen molar-refractivity contribution in [2.75, 3.05) is 36.4 Å². The number of fused-ring (bicyclic) bond motifs is 1. The summed E-state index contributed by atoms with van der Waals surface area (Å²) in [6.45, 7) is 3.97. The lowest BCUT2D eigenvalue weighted by atomic mass is 10.1. The second-order valence-corrected chi connectivity index (χ2v) is 9.02. The third kappa shape index (κ3) is 4.22. The van der Waals surface area contributed by atoms with E-state index in [1.807, 2.05) is 49.8 Å². The smallest absolute Gasteiger partial charge is 0.257 e. The number of nitrogens with one attached hydrogen (secondary N) is 1. The number of anilines is 2. The van der Waals surface area contributed by atoms with Crippen molar-refractivity contribution in [3.63, 3.8) is 0 Å². The van der Waals surface area contributed by atoms with Crippen LogP contribution >= 0.6 is 0 Å². The van der Waals surface area contributed by atoms with Gasteiger partial charge < -0.3 is 10.2 Å². The van der Waals surface area contributed by atoms with Gasteiger partial charge in [0.1, 0.15) is 5.82 Å². The van der Waals surface area contributed by atoms with Crippen molar-refractivity contribution < 1.29 is 4.79 Å². The summed E-state index contributed by atoms with van der Waals surface area (Å²) in [5.74, 6) is 1.03. The summed E-state index contributed by atoms with van der Waals surface area (Å²) < 4.78 is 1.77. The predicted octanol–water partition coefficient (Wildman–Crippen LogP) is 2.96. The highest BCUT2D eigenvalue weighted by Gasteiger charge is 2.31. The van der Waals surface area contributed by atoms with Crippen molar-refractivity contribution in [2.24, 2.45) is 7.05 Å². The fraction of sp³-hybridized carbons (Fsp3) is 0.320. The standard InChI is InChI=1S/C25H26N8O/c1-31-16-20(15-27-31)17-2-5-22-19(12-17)13-23(30-29-22)28-25(34)18-6-7-26-24(14-18)33-10-8-32(9-11-33)21-3-4-21/h2,5-7,12-16,21H,3-4,8-11H2,1H3,(H,28,30,34). The van der Waals surface area contributed by atoms with E-state index in [4.69, 9.17) is 0 Å². The van der Waals surface area contributed by atoms with Gasteiger partial charge in [0, 0.05) is 68.2 Å². The van der Waals surface area contributed by atoms with Crippen LogP contribution in [0.15, 0.2) is 55.0 Å². The molecule has 6 rings (SSSR count). The van der Waals surface area contributed by atoms with Gasteiger partial charge in [0.15, 0.2) is 5.82 Å². The number of benzene rings is 1. The van der Waals surface area contributed by atoms with Crippen molar-refractivity contribution in [3.8, 4) is 11.1 Å². The Morgan fingerprint density at radius 2 is 1.85 bits per heavy atom. The van der Waals surface area contributed by atoms with Crippen molar-refractivity contribution >= 4 is 28.4 Å². The molecule has 1 saturated heterocycles. The van der Waals surface area contributed by atoms with Gasteiger partial charge in [0.25, 0.3) is 5.91 Å². The molecule has 0 bridgehead atoms. The molecule has 1 saturated carbocycles. The summed E-state index contributed by atoms with van der Waals surface area (Å²) in [6, 6.07) is 12.2. The number of aromatic nitrogens is 5. The maximum absolute atomic E-state index is 13.0. The molecule has 9 nitrogen and oxygen atoms in total. The Labute approximate surface area is 197 Å². The molecule has 0 radical (unpaired) electrons. The quantitative estimate of drug-likeness (QED) is 0.496. The molecular formula is C25H26N8O. The predicted molar refractivity (Wildman–Crippen MR) is 131 cm³/mol. The van der Waals surface area contributed by atoms with E-state index in [0.29, 0.717) is 11.4 Å². The Kier molecular flexibility index (Phi) is 5.18. The minimum Gasteiger partial charge on any atom is -0.354 e. The van der Waals surface area contributed by atoms with E-state index in [1.54, 1.807) is 16.9 Å². The van der Waals surface area contributed by atoms with Gasteiger partial charge >= 0.3 is 0 Å². The molecular weight excluding hydrogens is 428 g/mol. The van der Waals surface area contributed by atoms with E-state index in [1.165, 1.54) is 12.8 Å². The van der Waals surface area contributed by atoms with Gasteiger partial charge in [0.05, 0.1) is 11.7 Å². The zero-order valence-corrected chi connectivity index (χ0v) is 19.1. The van der Waals surface area contributed by atoms with Crippen LogP contribution in [-0.2, 0) is 7.05 Å². The SMILES string of the molecule is Cn1cc(-c2ccc3nnc(NC(=O)c4ccnc(N5CCN(C6CC6)CC5)c4)cc3c2)cn1. The highest BCUT2D eigenvalue weighted by molar-refractivity contribution is 6.04. The minimum atomic E-state index is -0.225. The number of nitrogens with zero attached hydrogens (tertiary/aromatic N) is 7. The van der Waals surface area contributed by atoms with Crippen LogP contribution in [0.2, 0.25) is 0 Å². The van der Waals surface area contributed by atoms with E-state index in [-0.39, 0.29) is 5.91 Å². The summed E-state index contributed by atoms with van der Waals surface area (Å²) in [7, 11) is 1.89. The maximum atomic E-state index is 13.0. The van der Waals surface area contributed by atoms with Gasteiger partial charge in [-0.25, -0.2) is 4.98 Å². The molecule has 34 heavy (non-hydrogen) atoms. The lowest BCUT2D eigenvalue weighted by Crippen LogP contribution is -2.47. The van der Waals surface area contributed by atoms with Gasteiger partial charge in [0.2, 0.25) is 0 Å². The molecule has 4 heterocycles. The Morgan fingerprint density at radius 3 is 2.62 bits per heavy atom. The molecule has 1 aliphatic carbocycles. The fourth-order valence-electron chi connectivity index (χ4n) is 4.53. The molecule has 0 unspecified atom stereocenters. The summed E-state index contributed by atoms with van der Waals surface area (Å²) in [5, 5.41) is 16.5. The van der Waals surface area contributed by atoms with Crippen LogP contribution in [0.25, 0.3) is 22.0 Å². The number of hydrogen-bond acceptors (Lipinski definition) is 7. The largest absolute Gasteiger partial charge is 0.354 e. The molecule has 2 aliphatic rings. The second kappa shape index (κ2) is 8.49. The monoisotopic (exact) mass is 454 g/mol. The van der Waals surface area contributed by atoms with Crippen LogP contribution in [0, 0.1) is 0 Å². The van der Waals surface area contributed by atoms with Crippen LogP contribution in [0.4, 0.5) is 11.6 Å². The van der Waals surface area contributed by atoms with Crippen LogP contribution in [0.5, 0.6) is 0 Å². The number of aryl methyl sites for hydroxylation is 1.